The molecule has 0 aliphatic carbocycles. The van der Waals surface area contributed by atoms with Gasteiger partial charge in [-0.15, -0.1) is 0 Å². The van der Waals surface area contributed by atoms with Crippen molar-refractivity contribution in [3.8, 4) is 0 Å². The lowest BCUT2D eigenvalue weighted by atomic mass is 10.1. The lowest BCUT2D eigenvalue weighted by Gasteiger charge is -2.10. The highest BCUT2D eigenvalue weighted by Gasteiger charge is 2.14. The highest BCUT2D eigenvalue weighted by molar-refractivity contribution is 7.99. The second-order valence-corrected chi connectivity index (χ2v) is 8.38. The minimum atomic E-state index is -0.265. The zero-order chi connectivity index (χ0) is 21.0. The molecule has 150 valence electrons. The van der Waals surface area contributed by atoms with Crippen LogP contribution in [0.15, 0.2) is 52.4 Å². The van der Waals surface area contributed by atoms with E-state index in [1.165, 1.54) is 0 Å². The summed E-state index contributed by atoms with van der Waals surface area (Å²) in [7, 11) is 0. The van der Waals surface area contributed by atoms with E-state index in [0.29, 0.717) is 49.2 Å². The Balaban J connectivity index is 1.72. The van der Waals surface area contributed by atoms with E-state index >= 15 is 0 Å². The van der Waals surface area contributed by atoms with Gasteiger partial charge in [0.15, 0.2) is 5.16 Å². The molecule has 0 aliphatic heterocycles. The molecule has 29 heavy (non-hydrogen) atoms. The average molecular weight is 469 g/mol. The third-order valence-corrected chi connectivity index (χ3v) is 5.94. The molecule has 1 aromatic heterocycles. The number of nitrogens with one attached hydrogen (secondary N) is 2. The molecule has 0 radical (unpaired) electrons. The van der Waals surface area contributed by atoms with Gasteiger partial charge in [-0.05, 0) is 48.9 Å². The number of aromatic nitrogens is 2. The Hall–Kier alpha value is -1.99. The number of benzene rings is 2. The van der Waals surface area contributed by atoms with Crippen molar-refractivity contribution >= 4 is 58.2 Å². The molecular weight excluding hydrogens is 453 g/mol. The van der Waals surface area contributed by atoms with Crippen LogP contribution in [0.25, 0.3) is 0 Å². The second kappa shape index (κ2) is 9.67. The van der Waals surface area contributed by atoms with Gasteiger partial charge in [0, 0.05) is 32.7 Å². The number of thioether (sulfide) groups is 1. The van der Waals surface area contributed by atoms with Gasteiger partial charge in [-0.25, -0.2) is 4.98 Å². The standard InChI is InChI=1S/C20H16Cl3N3O2S/c1-11-17(9-14-15(22)3-2-4-16(14)23)25-20(26-19(11)28)29-10-18(27)24-13-7-5-12(21)6-8-13/h2-8H,9-10H2,1H3,(H,24,27)(H,25,26,28). The van der Waals surface area contributed by atoms with Crippen molar-refractivity contribution in [3.63, 3.8) is 0 Å². The summed E-state index contributed by atoms with van der Waals surface area (Å²) in [5, 5.41) is 4.72. The summed E-state index contributed by atoms with van der Waals surface area (Å²) >= 11 is 19.4. The summed E-state index contributed by atoms with van der Waals surface area (Å²) in [4.78, 5) is 31.7. The number of halogens is 3. The molecule has 2 N–H and O–H groups in total. The number of nitrogens with zero attached hydrogens (tertiary/aromatic N) is 1. The quantitative estimate of drug-likeness (QED) is 0.377. The van der Waals surface area contributed by atoms with Crippen molar-refractivity contribution in [2.45, 2.75) is 18.5 Å². The molecule has 2 aromatic carbocycles. The lowest BCUT2D eigenvalue weighted by molar-refractivity contribution is -0.113. The van der Waals surface area contributed by atoms with E-state index in [1.54, 1.807) is 49.4 Å². The van der Waals surface area contributed by atoms with Gasteiger partial charge in [-0.1, -0.05) is 52.6 Å². The Bertz CT molecular complexity index is 1080. The van der Waals surface area contributed by atoms with Crippen LogP contribution >= 0.6 is 46.6 Å². The normalized spacial score (nSPS) is 10.8. The van der Waals surface area contributed by atoms with Crippen molar-refractivity contribution in [3.05, 3.63) is 84.7 Å². The summed E-state index contributed by atoms with van der Waals surface area (Å²) in [5.74, 6) is -0.141. The minimum Gasteiger partial charge on any atom is -0.325 e. The predicted octanol–water partition coefficient (Wildman–Crippen LogP) is 5.36. The van der Waals surface area contributed by atoms with Crippen molar-refractivity contribution in [1.82, 2.24) is 9.97 Å². The van der Waals surface area contributed by atoms with Gasteiger partial charge in [0.1, 0.15) is 0 Å². The Kier molecular flexibility index (Phi) is 7.24. The largest absolute Gasteiger partial charge is 0.325 e. The molecule has 1 heterocycles. The smallest absolute Gasteiger partial charge is 0.254 e. The van der Waals surface area contributed by atoms with Gasteiger partial charge in [0.05, 0.1) is 11.4 Å². The van der Waals surface area contributed by atoms with Crippen LogP contribution in [0.5, 0.6) is 0 Å². The first-order valence-electron chi connectivity index (χ1n) is 8.54. The highest BCUT2D eigenvalue weighted by atomic mass is 35.5. The van der Waals surface area contributed by atoms with Crippen LogP contribution in [0.3, 0.4) is 0 Å². The van der Waals surface area contributed by atoms with Crippen LogP contribution in [-0.2, 0) is 11.2 Å². The summed E-state index contributed by atoms with van der Waals surface area (Å²) in [6.07, 6.45) is 0.318. The maximum absolute atomic E-state index is 12.3. The fourth-order valence-corrected chi connectivity index (χ4v) is 3.87. The number of carbonyl (C=O) groups excluding carboxylic acids is 1. The molecule has 1 amide bonds. The van der Waals surface area contributed by atoms with Crippen LogP contribution < -0.4 is 10.9 Å². The number of amides is 1. The molecule has 0 atom stereocenters. The highest BCUT2D eigenvalue weighted by Crippen LogP contribution is 2.27. The van der Waals surface area contributed by atoms with Crippen molar-refractivity contribution in [1.29, 1.82) is 0 Å². The minimum absolute atomic E-state index is 0.0842. The summed E-state index contributed by atoms with van der Waals surface area (Å²) in [6, 6.07) is 12.0. The summed E-state index contributed by atoms with van der Waals surface area (Å²) < 4.78 is 0. The lowest BCUT2D eigenvalue weighted by Crippen LogP contribution is -2.18. The Labute approximate surface area is 186 Å². The van der Waals surface area contributed by atoms with Crippen LogP contribution in [0.2, 0.25) is 15.1 Å². The SMILES string of the molecule is Cc1c(Cc2c(Cl)cccc2Cl)nc(SCC(=O)Nc2ccc(Cl)cc2)[nH]c1=O. The molecule has 3 aromatic rings. The van der Waals surface area contributed by atoms with Gasteiger partial charge < -0.3 is 10.3 Å². The third kappa shape index (κ3) is 5.76. The molecule has 0 saturated carbocycles. The summed E-state index contributed by atoms with van der Waals surface area (Å²) in [5.41, 5.74) is 2.12. The van der Waals surface area contributed by atoms with E-state index in [9.17, 15) is 9.59 Å². The van der Waals surface area contributed by atoms with Crippen LogP contribution in [0.1, 0.15) is 16.8 Å². The zero-order valence-corrected chi connectivity index (χ0v) is 18.3. The third-order valence-electron chi connectivity index (χ3n) is 4.10. The van der Waals surface area contributed by atoms with E-state index in [1.807, 2.05) is 0 Å². The van der Waals surface area contributed by atoms with E-state index in [-0.39, 0.29) is 17.2 Å². The van der Waals surface area contributed by atoms with Crippen molar-refractivity contribution in [2.75, 3.05) is 11.1 Å². The van der Waals surface area contributed by atoms with E-state index in [2.05, 4.69) is 15.3 Å². The number of H-pyrrole nitrogens is 1. The fourth-order valence-electron chi connectivity index (χ4n) is 2.53. The first-order valence-corrected chi connectivity index (χ1v) is 10.7. The number of hydrogen-bond donors (Lipinski definition) is 2. The topological polar surface area (TPSA) is 74.8 Å². The molecule has 0 bridgehead atoms. The molecular formula is C20H16Cl3N3O2S. The molecule has 0 saturated heterocycles. The predicted molar refractivity (Wildman–Crippen MR) is 120 cm³/mol. The Morgan fingerprint density at radius 3 is 2.41 bits per heavy atom. The monoisotopic (exact) mass is 467 g/mol. The number of rotatable bonds is 6. The van der Waals surface area contributed by atoms with Crippen LogP contribution in [0.4, 0.5) is 5.69 Å². The molecule has 3 rings (SSSR count). The van der Waals surface area contributed by atoms with E-state index < -0.39 is 0 Å². The van der Waals surface area contributed by atoms with Crippen molar-refractivity contribution in [2.24, 2.45) is 0 Å². The molecule has 0 spiro atoms. The number of carbonyl (C=O) groups is 1. The molecule has 0 unspecified atom stereocenters. The van der Waals surface area contributed by atoms with Gasteiger partial charge in [0.2, 0.25) is 5.91 Å². The summed E-state index contributed by atoms with van der Waals surface area (Å²) in [6.45, 7) is 1.69. The van der Waals surface area contributed by atoms with Crippen LogP contribution in [0, 0.1) is 6.92 Å². The maximum Gasteiger partial charge on any atom is 0.254 e. The van der Waals surface area contributed by atoms with Gasteiger partial charge in [-0.3, -0.25) is 9.59 Å². The molecule has 5 nitrogen and oxygen atoms in total. The molecule has 0 aliphatic rings. The fraction of sp³-hybridized carbons (Fsp3) is 0.150. The first-order chi connectivity index (χ1) is 13.8. The van der Waals surface area contributed by atoms with Gasteiger partial charge in [0.25, 0.3) is 5.56 Å². The Morgan fingerprint density at radius 2 is 1.76 bits per heavy atom. The average Bonchev–Trinajstić information content (AvgIpc) is 2.68. The molecule has 0 fully saturated rings. The maximum atomic E-state index is 12.3. The van der Waals surface area contributed by atoms with E-state index in [4.69, 9.17) is 34.8 Å². The number of aromatic amines is 1. The zero-order valence-electron chi connectivity index (χ0n) is 15.3. The number of anilines is 1. The van der Waals surface area contributed by atoms with Gasteiger partial charge in [-0.2, -0.15) is 0 Å². The molecule has 9 heteroatoms. The van der Waals surface area contributed by atoms with Crippen LogP contribution in [-0.4, -0.2) is 21.6 Å². The van der Waals surface area contributed by atoms with Gasteiger partial charge >= 0.3 is 0 Å². The first kappa shape index (κ1) is 21.7. The number of hydrogen-bond acceptors (Lipinski definition) is 4. The second-order valence-electron chi connectivity index (χ2n) is 6.16. The van der Waals surface area contributed by atoms with Crippen molar-refractivity contribution < 1.29 is 4.79 Å². The van der Waals surface area contributed by atoms with E-state index in [0.717, 1.165) is 11.8 Å². The Morgan fingerprint density at radius 1 is 1.10 bits per heavy atom.